The van der Waals surface area contributed by atoms with Crippen molar-refractivity contribution in [1.29, 1.82) is 0 Å². The molecule has 0 atom stereocenters. The van der Waals surface area contributed by atoms with Crippen molar-refractivity contribution in [2.75, 3.05) is 7.11 Å². The number of rotatable bonds is 5. The molecule has 1 N–H and O–H groups in total. The lowest BCUT2D eigenvalue weighted by Gasteiger charge is -2.04. The van der Waals surface area contributed by atoms with Crippen LogP contribution in [0.1, 0.15) is 44.6 Å². The Balaban J connectivity index is 2.17. The maximum absolute atomic E-state index is 12.2. The lowest BCUT2D eigenvalue weighted by molar-refractivity contribution is 0.0465. The number of H-pyrrole nitrogens is 1. The molecule has 23 heavy (non-hydrogen) atoms. The topological polar surface area (TPSA) is 81.3 Å². The summed E-state index contributed by atoms with van der Waals surface area (Å²) in [6.45, 7) is 3.63. The second-order valence-electron chi connectivity index (χ2n) is 4.89. The van der Waals surface area contributed by atoms with Crippen LogP contribution in [-0.2, 0) is 22.5 Å². The van der Waals surface area contributed by atoms with Crippen LogP contribution in [0.5, 0.6) is 0 Å². The summed E-state index contributed by atoms with van der Waals surface area (Å²) in [6, 6.07) is 3.34. The molecule has 0 radical (unpaired) electrons. The quantitative estimate of drug-likeness (QED) is 0.670. The van der Waals surface area contributed by atoms with Crippen LogP contribution in [0.4, 0.5) is 0 Å². The van der Waals surface area contributed by atoms with Crippen LogP contribution in [0.25, 0.3) is 0 Å². The van der Waals surface area contributed by atoms with Crippen molar-refractivity contribution in [2.24, 2.45) is 0 Å². The summed E-state index contributed by atoms with van der Waals surface area (Å²) >= 11 is 5.70. The Morgan fingerprint density at radius 3 is 2.61 bits per heavy atom. The molecular formula is C16H17ClN2O4. The monoisotopic (exact) mass is 336 g/mol. The molecular weight excluding hydrogens is 320 g/mol. The summed E-state index contributed by atoms with van der Waals surface area (Å²) in [5.74, 6) is -1.01. The number of aryl methyl sites for hydroxylation is 1. The average Bonchev–Trinajstić information content (AvgIpc) is 2.90. The van der Waals surface area contributed by atoms with E-state index < -0.39 is 11.9 Å². The van der Waals surface area contributed by atoms with Gasteiger partial charge in [-0.25, -0.2) is 14.6 Å². The minimum atomic E-state index is -0.540. The van der Waals surface area contributed by atoms with Crippen LogP contribution in [0, 0.1) is 6.92 Å². The third-order valence-electron chi connectivity index (χ3n) is 3.43. The number of nitrogens with one attached hydrogen (secondary N) is 1. The van der Waals surface area contributed by atoms with Crippen molar-refractivity contribution < 1.29 is 19.1 Å². The number of halogens is 1. The molecule has 6 nitrogen and oxygen atoms in total. The first-order valence-electron chi connectivity index (χ1n) is 7.05. The van der Waals surface area contributed by atoms with E-state index in [0.717, 1.165) is 5.56 Å². The van der Waals surface area contributed by atoms with Gasteiger partial charge in [0, 0.05) is 17.5 Å². The summed E-state index contributed by atoms with van der Waals surface area (Å²) in [5, 5.41) is 0.371. The van der Waals surface area contributed by atoms with Crippen molar-refractivity contribution in [2.45, 2.75) is 26.9 Å². The first-order valence-corrected chi connectivity index (χ1v) is 7.43. The number of pyridine rings is 1. The fourth-order valence-corrected chi connectivity index (χ4v) is 2.33. The molecule has 0 aliphatic carbocycles. The Bertz CT molecular complexity index is 722. The van der Waals surface area contributed by atoms with Crippen molar-refractivity contribution in [3.8, 4) is 0 Å². The summed E-state index contributed by atoms with van der Waals surface area (Å²) in [6.07, 6.45) is 2.11. The molecule has 0 spiro atoms. The van der Waals surface area contributed by atoms with E-state index in [0.29, 0.717) is 28.4 Å². The molecule has 7 heteroatoms. The number of carbonyl (C=O) groups is 2. The summed E-state index contributed by atoms with van der Waals surface area (Å²) < 4.78 is 10.0. The first-order chi connectivity index (χ1) is 11.0. The number of hydrogen-bond donors (Lipinski definition) is 1. The van der Waals surface area contributed by atoms with Crippen molar-refractivity contribution in [3.63, 3.8) is 0 Å². The van der Waals surface area contributed by atoms with Gasteiger partial charge in [0.1, 0.15) is 17.5 Å². The number of hydrogen-bond acceptors (Lipinski definition) is 5. The fraction of sp³-hybridized carbons (Fsp3) is 0.312. The molecule has 0 saturated heterocycles. The maximum atomic E-state index is 12.2. The highest BCUT2D eigenvalue weighted by Crippen LogP contribution is 2.21. The van der Waals surface area contributed by atoms with Gasteiger partial charge in [0.25, 0.3) is 0 Å². The van der Waals surface area contributed by atoms with Crippen molar-refractivity contribution in [3.05, 3.63) is 51.6 Å². The summed E-state index contributed by atoms with van der Waals surface area (Å²) in [4.78, 5) is 31.0. The van der Waals surface area contributed by atoms with Gasteiger partial charge in [0.15, 0.2) is 0 Å². The van der Waals surface area contributed by atoms with E-state index in [9.17, 15) is 9.59 Å². The molecule has 0 aliphatic heterocycles. The number of methoxy groups -OCH3 is 1. The van der Waals surface area contributed by atoms with Gasteiger partial charge in [-0.15, -0.1) is 0 Å². The normalized spacial score (nSPS) is 10.4. The Hall–Kier alpha value is -2.34. The second kappa shape index (κ2) is 7.28. The van der Waals surface area contributed by atoms with Gasteiger partial charge in [-0.05, 0) is 25.0 Å². The minimum Gasteiger partial charge on any atom is -0.465 e. The van der Waals surface area contributed by atoms with Crippen LogP contribution < -0.4 is 0 Å². The number of aromatic amines is 1. The van der Waals surface area contributed by atoms with E-state index >= 15 is 0 Å². The Morgan fingerprint density at radius 2 is 2.04 bits per heavy atom. The second-order valence-corrected chi connectivity index (χ2v) is 5.28. The Kier molecular flexibility index (Phi) is 5.39. The molecule has 0 aromatic carbocycles. The van der Waals surface area contributed by atoms with Crippen LogP contribution in [0.2, 0.25) is 5.15 Å². The van der Waals surface area contributed by atoms with Gasteiger partial charge in [0.05, 0.1) is 12.7 Å². The fourth-order valence-electron chi connectivity index (χ4n) is 2.22. The lowest BCUT2D eigenvalue weighted by Crippen LogP contribution is -2.08. The molecule has 2 aromatic heterocycles. The number of carbonyl (C=O) groups excluding carboxylic acids is 2. The molecule has 0 unspecified atom stereocenters. The maximum Gasteiger partial charge on any atom is 0.355 e. The molecule has 2 aromatic rings. The number of ether oxygens (including phenoxy) is 2. The number of aromatic nitrogens is 2. The predicted octanol–water partition coefficient (Wildman–Crippen LogP) is 3.08. The summed E-state index contributed by atoms with van der Waals surface area (Å²) in [5.41, 5.74) is 2.53. The Morgan fingerprint density at radius 1 is 1.30 bits per heavy atom. The molecule has 0 bridgehead atoms. The van der Waals surface area contributed by atoms with Crippen LogP contribution in [-0.4, -0.2) is 29.0 Å². The van der Waals surface area contributed by atoms with Crippen molar-refractivity contribution in [1.82, 2.24) is 9.97 Å². The third-order valence-corrected chi connectivity index (χ3v) is 3.66. The molecule has 122 valence electrons. The third kappa shape index (κ3) is 3.71. The van der Waals surface area contributed by atoms with E-state index in [2.05, 4.69) is 9.97 Å². The SMILES string of the molecule is CCc1[nH]c(C(=O)OCc2ccc(Cl)nc2)c(C)c1C(=O)OC. The highest BCUT2D eigenvalue weighted by atomic mass is 35.5. The molecule has 2 heterocycles. The van der Waals surface area contributed by atoms with E-state index in [1.165, 1.54) is 13.3 Å². The van der Waals surface area contributed by atoms with Gasteiger partial charge in [-0.2, -0.15) is 0 Å². The smallest absolute Gasteiger partial charge is 0.355 e. The Labute approximate surface area is 138 Å². The van der Waals surface area contributed by atoms with E-state index in [1.54, 1.807) is 19.1 Å². The first kappa shape index (κ1) is 17.0. The van der Waals surface area contributed by atoms with E-state index in [-0.39, 0.29) is 12.3 Å². The number of nitrogens with zero attached hydrogens (tertiary/aromatic N) is 1. The van der Waals surface area contributed by atoms with Crippen LogP contribution in [0.3, 0.4) is 0 Å². The molecule has 0 aliphatic rings. The average molecular weight is 337 g/mol. The summed E-state index contributed by atoms with van der Waals surface area (Å²) in [7, 11) is 1.31. The highest BCUT2D eigenvalue weighted by molar-refractivity contribution is 6.29. The zero-order valence-electron chi connectivity index (χ0n) is 13.1. The minimum absolute atomic E-state index is 0.0660. The van der Waals surface area contributed by atoms with Gasteiger partial charge < -0.3 is 14.5 Å². The molecule has 2 rings (SSSR count). The van der Waals surface area contributed by atoms with Crippen LogP contribution >= 0.6 is 11.6 Å². The largest absolute Gasteiger partial charge is 0.465 e. The van der Waals surface area contributed by atoms with Crippen molar-refractivity contribution >= 4 is 23.5 Å². The van der Waals surface area contributed by atoms with E-state index in [1.807, 2.05) is 6.92 Å². The highest BCUT2D eigenvalue weighted by Gasteiger charge is 2.24. The molecule has 0 saturated carbocycles. The van der Waals surface area contributed by atoms with Gasteiger partial charge >= 0.3 is 11.9 Å². The van der Waals surface area contributed by atoms with Gasteiger partial charge in [-0.3, -0.25) is 0 Å². The zero-order valence-corrected chi connectivity index (χ0v) is 13.9. The molecule has 0 fully saturated rings. The van der Waals surface area contributed by atoms with Crippen LogP contribution in [0.15, 0.2) is 18.3 Å². The molecule has 0 amide bonds. The predicted molar refractivity (Wildman–Crippen MR) is 84.6 cm³/mol. The lowest BCUT2D eigenvalue weighted by atomic mass is 10.1. The zero-order chi connectivity index (χ0) is 17.0. The number of esters is 2. The standard InChI is InChI=1S/C16H17ClN2O4/c1-4-11-13(15(20)22-3)9(2)14(19-11)16(21)23-8-10-5-6-12(17)18-7-10/h5-7,19H,4,8H2,1-3H3. The van der Waals surface area contributed by atoms with E-state index in [4.69, 9.17) is 21.1 Å². The van der Waals surface area contributed by atoms with Gasteiger partial charge in [0.2, 0.25) is 0 Å². The van der Waals surface area contributed by atoms with Gasteiger partial charge in [-0.1, -0.05) is 24.6 Å².